The lowest BCUT2D eigenvalue weighted by Gasteiger charge is -2.30. The van der Waals surface area contributed by atoms with Crippen LogP contribution >= 0.6 is 0 Å². The zero-order valence-corrected chi connectivity index (χ0v) is 16.8. The van der Waals surface area contributed by atoms with E-state index in [-0.39, 0.29) is 18.9 Å². The number of hydrogen-bond acceptors (Lipinski definition) is 5. The number of carboxylic acid groups (broad SMARTS) is 1. The summed E-state index contributed by atoms with van der Waals surface area (Å²) < 4.78 is 10.9. The van der Waals surface area contributed by atoms with Crippen molar-refractivity contribution in [3.63, 3.8) is 0 Å². The summed E-state index contributed by atoms with van der Waals surface area (Å²) in [6, 6.07) is 15.8. The maximum absolute atomic E-state index is 12.5. The van der Waals surface area contributed by atoms with Crippen LogP contribution in [0, 0.1) is 0 Å². The molecule has 0 aromatic heterocycles. The maximum Gasteiger partial charge on any atom is 0.407 e. The van der Waals surface area contributed by atoms with Gasteiger partial charge in [-0.1, -0.05) is 48.5 Å². The number of ether oxygens (including phenoxy) is 2. The van der Waals surface area contributed by atoms with Crippen LogP contribution in [0.25, 0.3) is 11.1 Å². The van der Waals surface area contributed by atoms with Crippen molar-refractivity contribution >= 4 is 12.1 Å². The van der Waals surface area contributed by atoms with Crippen LogP contribution in [0.5, 0.6) is 0 Å². The molecule has 2 aromatic carbocycles. The molecule has 2 N–H and O–H groups in total. The number of amides is 1. The molecule has 1 fully saturated rings. The van der Waals surface area contributed by atoms with Crippen LogP contribution in [-0.4, -0.2) is 67.6 Å². The number of carboxylic acids is 1. The highest BCUT2D eigenvalue weighted by Crippen LogP contribution is 2.44. The molecule has 1 atom stereocenters. The Kier molecular flexibility index (Phi) is 6.30. The van der Waals surface area contributed by atoms with Gasteiger partial charge in [0, 0.05) is 25.6 Å². The van der Waals surface area contributed by atoms with Crippen LogP contribution in [0.15, 0.2) is 48.5 Å². The van der Waals surface area contributed by atoms with Gasteiger partial charge in [-0.15, -0.1) is 0 Å². The van der Waals surface area contributed by atoms with Crippen LogP contribution in [-0.2, 0) is 14.3 Å². The van der Waals surface area contributed by atoms with Crippen molar-refractivity contribution in [1.29, 1.82) is 0 Å². The summed E-state index contributed by atoms with van der Waals surface area (Å²) in [4.78, 5) is 25.8. The van der Waals surface area contributed by atoms with E-state index in [9.17, 15) is 14.7 Å². The van der Waals surface area contributed by atoms with Gasteiger partial charge in [0.2, 0.25) is 0 Å². The fraction of sp³-hybridized carbons (Fsp3) is 0.391. The zero-order chi connectivity index (χ0) is 20.9. The van der Waals surface area contributed by atoms with E-state index >= 15 is 0 Å². The van der Waals surface area contributed by atoms with E-state index < -0.39 is 18.1 Å². The number of hydrogen-bond donors (Lipinski definition) is 2. The molecule has 0 unspecified atom stereocenters. The highest BCUT2D eigenvalue weighted by atomic mass is 16.5. The van der Waals surface area contributed by atoms with E-state index in [4.69, 9.17) is 9.47 Å². The Morgan fingerprint density at radius 1 is 1.07 bits per heavy atom. The number of carbonyl (C=O) groups excluding carboxylic acids is 1. The third-order valence-electron chi connectivity index (χ3n) is 5.67. The highest BCUT2D eigenvalue weighted by Gasteiger charge is 2.29. The molecule has 0 radical (unpaired) electrons. The third kappa shape index (κ3) is 4.63. The average molecular weight is 410 g/mol. The third-order valence-corrected chi connectivity index (χ3v) is 5.67. The molecule has 158 valence electrons. The number of benzene rings is 2. The van der Waals surface area contributed by atoms with Crippen LogP contribution in [0.2, 0.25) is 0 Å². The Morgan fingerprint density at radius 3 is 2.27 bits per heavy atom. The molecular formula is C23H26N2O5. The fourth-order valence-corrected chi connectivity index (χ4v) is 4.27. The second kappa shape index (κ2) is 9.28. The van der Waals surface area contributed by atoms with Gasteiger partial charge in [-0.05, 0) is 22.3 Å². The van der Waals surface area contributed by atoms with Gasteiger partial charge in [0.25, 0.3) is 0 Å². The highest BCUT2D eigenvalue weighted by molar-refractivity contribution is 5.79. The summed E-state index contributed by atoms with van der Waals surface area (Å²) >= 11 is 0. The molecule has 0 spiro atoms. The first-order valence-corrected chi connectivity index (χ1v) is 10.2. The second-order valence-corrected chi connectivity index (χ2v) is 7.68. The minimum Gasteiger partial charge on any atom is -0.481 e. The molecule has 1 aliphatic heterocycles. The zero-order valence-electron chi connectivity index (χ0n) is 16.8. The quantitative estimate of drug-likeness (QED) is 0.730. The SMILES string of the molecule is O=C(O)C[C@@H](CN1CCOCC1)NC(=O)OCC1c2ccccc2-c2ccccc21. The van der Waals surface area contributed by atoms with Gasteiger partial charge in [0.05, 0.1) is 25.7 Å². The largest absolute Gasteiger partial charge is 0.481 e. The van der Waals surface area contributed by atoms with Crippen molar-refractivity contribution in [2.24, 2.45) is 0 Å². The number of alkyl carbamates (subject to hydrolysis) is 1. The van der Waals surface area contributed by atoms with E-state index in [1.165, 1.54) is 0 Å². The van der Waals surface area contributed by atoms with Crippen molar-refractivity contribution in [2.75, 3.05) is 39.5 Å². The first kappa shape index (κ1) is 20.4. The Labute approximate surface area is 175 Å². The van der Waals surface area contributed by atoms with E-state index in [1.54, 1.807) is 0 Å². The number of nitrogens with zero attached hydrogens (tertiary/aromatic N) is 1. The number of fused-ring (bicyclic) bond motifs is 3. The number of rotatable bonds is 7. The molecule has 0 saturated carbocycles. The smallest absolute Gasteiger partial charge is 0.407 e. The Balaban J connectivity index is 1.39. The molecule has 4 rings (SSSR count). The first-order valence-electron chi connectivity index (χ1n) is 10.2. The van der Waals surface area contributed by atoms with Gasteiger partial charge in [-0.2, -0.15) is 0 Å². The van der Waals surface area contributed by atoms with Crippen molar-refractivity contribution in [3.05, 3.63) is 59.7 Å². The Hall–Kier alpha value is -2.90. The fourth-order valence-electron chi connectivity index (χ4n) is 4.27. The predicted octanol–water partition coefficient (Wildman–Crippen LogP) is 2.70. The number of morpholine rings is 1. The molecule has 2 aromatic rings. The molecule has 1 heterocycles. The van der Waals surface area contributed by atoms with E-state index in [0.29, 0.717) is 19.8 Å². The van der Waals surface area contributed by atoms with E-state index in [0.717, 1.165) is 35.3 Å². The monoisotopic (exact) mass is 410 g/mol. The molecular weight excluding hydrogens is 384 g/mol. The van der Waals surface area contributed by atoms with Crippen molar-refractivity contribution in [2.45, 2.75) is 18.4 Å². The van der Waals surface area contributed by atoms with Gasteiger partial charge in [0.15, 0.2) is 0 Å². The van der Waals surface area contributed by atoms with Crippen LogP contribution in [0.3, 0.4) is 0 Å². The predicted molar refractivity (Wildman–Crippen MR) is 112 cm³/mol. The van der Waals surface area contributed by atoms with Gasteiger partial charge in [-0.3, -0.25) is 9.69 Å². The lowest BCUT2D eigenvalue weighted by atomic mass is 9.98. The lowest BCUT2D eigenvalue weighted by Crippen LogP contribution is -2.48. The Bertz CT molecular complexity index is 864. The van der Waals surface area contributed by atoms with Crippen molar-refractivity contribution < 1.29 is 24.2 Å². The maximum atomic E-state index is 12.5. The van der Waals surface area contributed by atoms with Crippen LogP contribution in [0.1, 0.15) is 23.5 Å². The molecule has 7 nitrogen and oxygen atoms in total. The number of carbonyl (C=O) groups is 2. The lowest BCUT2D eigenvalue weighted by molar-refractivity contribution is -0.137. The molecule has 1 amide bonds. The normalized spacial score (nSPS) is 17.1. The van der Waals surface area contributed by atoms with Gasteiger partial charge in [-0.25, -0.2) is 4.79 Å². The number of aliphatic carboxylic acids is 1. The minimum atomic E-state index is -0.952. The number of nitrogens with one attached hydrogen (secondary N) is 1. The van der Waals surface area contributed by atoms with Gasteiger partial charge in [0.1, 0.15) is 6.61 Å². The molecule has 2 aliphatic rings. The molecule has 1 saturated heterocycles. The summed E-state index contributed by atoms with van der Waals surface area (Å²) in [6.45, 7) is 3.34. The van der Waals surface area contributed by atoms with Crippen LogP contribution < -0.4 is 5.32 Å². The first-order chi connectivity index (χ1) is 14.6. The van der Waals surface area contributed by atoms with Gasteiger partial charge < -0.3 is 19.9 Å². The molecule has 30 heavy (non-hydrogen) atoms. The summed E-state index contributed by atoms with van der Waals surface area (Å²) in [5, 5.41) is 12.0. The second-order valence-electron chi connectivity index (χ2n) is 7.68. The molecule has 7 heteroatoms. The van der Waals surface area contributed by atoms with Crippen LogP contribution in [0.4, 0.5) is 4.79 Å². The summed E-state index contributed by atoms with van der Waals surface area (Å²) in [5.74, 6) is -0.979. The van der Waals surface area contributed by atoms with Crippen molar-refractivity contribution in [3.8, 4) is 11.1 Å². The summed E-state index contributed by atoms with van der Waals surface area (Å²) in [6.07, 6.45) is -0.738. The van der Waals surface area contributed by atoms with E-state index in [2.05, 4.69) is 34.5 Å². The standard InChI is InChI=1S/C23H26N2O5/c26-22(27)13-16(14-25-9-11-29-12-10-25)24-23(28)30-15-21-19-7-3-1-5-17(19)18-6-2-4-8-20(18)21/h1-8,16,21H,9-15H2,(H,24,28)(H,26,27)/t16-/m0/s1. The minimum absolute atomic E-state index is 0.0275. The van der Waals surface area contributed by atoms with Crippen molar-refractivity contribution in [1.82, 2.24) is 10.2 Å². The summed E-state index contributed by atoms with van der Waals surface area (Å²) in [7, 11) is 0. The topological polar surface area (TPSA) is 88.1 Å². The molecule has 1 aliphatic carbocycles. The summed E-state index contributed by atoms with van der Waals surface area (Å²) in [5.41, 5.74) is 4.61. The molecule has 0 bridgehead atoms. The van der Waals surface area contributed by atoms with E-state index in [1.807, 2.05) is 24.3 Å². The Morgan fingerprint density at radius 2 is 1.67 bits per heavy atom. The average Bonchev–Trinajstić information content (AvgIpc) is 3.06. The van der Waals surface area contributed by atoms with Gasteiger partial charge >= 0.3 is 12.1 Å².